The van der Waals surface area contributed by atoms with E-state index in [-0.39, 0.29) is 30.0 Å². The van der Waals surface area contributed by atoms with E-state index in [1.165, 1.54) is 23.8 Å². The number of amides is 1. The molecule has 31 heavy (non-hydrogen) atoms. The predicted molar refractivity (Wildman–Crippen MR) is 99.7 cm³/mol. The molecule has 1 aromatic carbocycles. The molecule has 11 heteroatoms. The standard InChI is InChI=1S/C20H18F4N4O3/c1-11-6-25-16-13(7-26-28(16)8-11)17(29)27-19(10-31-9-18(19,2)30)14-4-3-12(5-15(14)21)20(22,23)24/h3-8,30H,9-10H2,1-2H3,(H,27,29)/t18-,19+/m1/s1. The van der Waals surface area contributed by atoms with Gasteiger partial charge in [-0.1, -0.05) is 6.07 Å². The van der Waals surface area contributed by atoms with E-state index in [1.807, 2.05) is 0 Å². The van der Waals surface area contributed by atoms with Crippen molar-refractivity contribution < 1.29 is 32.2 Å². The van der Waals surface area contributed by atoms with Crippen LogP contribution in [0.15, 0.2) is 36.8 Å². The third-order valence-corrected chi connectivity index (χ3v) is 5.43. The number of hydrogen-bond donors (Lipinski definition) is 2. The smallest absolute Gasteiger partial charge is 0.385 e. The third-order valence-electron chi connectivity index (χ3n) is 5.43. The molecule has 3 aromatic rings. The maximum atomic E-state index is 14.9. The van der Waals surface area contributed by atoms with E-state index in [0.717, 1.165) is 11.6 Å². The Labute approximate surface area is 173 Å². The summed E-state index contributed by atoms with van der Waals surface area (Å²) < 4.78 is 60.5. The van der Waals surface area contributed by atoms with Gasteiger partial charge >= 0.3 is 6.18 Å². The number of aryl methyl sites for hydroxylation is 1. The van der Waals surface area contributed by atoms with E-state index < -0.39 is 34.6 Å². The molecule has 3 heterocycles. The van der Waals surface area contributed by atoms with Gasteiger partial charge in [-0.15, -0.1) is 0 Å². The molecule has 1 aliphatic rings. The molecule has 0 aliphatic carbocycles. The van der Waals surface area contributed by atoms with Crippen LogP contribution in [0.1, 0.15) is 34.0 Å². The summed E-state index contributed by atoms with van der Waals surface area (Å²) in [4.78, 5) is 17.3. The van der Waals surface area contributed by atoms with Crippen LogP contribution in [-0.2, 0) is 16.5 Å². The minimum Gasteiger partial charge on any atom is -0.385 e. The number of nitrogens with one attached hydrogen (secondary N) is 1. The Kier molecular flexibility index (Phi) is 4.78. The molecule has 1 saturated heterocycles. The number of ether oxygens (including phenoxy) is 1. The number of aliphatic hydroxyl groups is 1. The first-order valence-corrected chi connectivity index (χ1v) is 9.24. The second-order valence-corrected chi connectivity index (χ2v) is 7.78. The number of hydrogen-bond acceptors (Lipinski definition) is 5. The Morgan fingerprint density at radius 2 is 2.03 bits per heavy atom. The summed E-state index contributed by atoms with van der Waals surface area (Å²) in [5.41, 5.74) is -4.07. The molecule has 2 aromatic heterocycles. The van der Waals surface area contributed by atoms with Crippen LogP contribution in [0.25, 0.3) is 5.65 Å². The van der Waals surface area contributed by atoms with Gasteiger partial charge in [0.1, 0.15) is 22.5 Å². The van der Waals surface area contributed by atoms with Gasteiger partial charge in [0.25, 0.3) is 5.91 Å². The number of carbonyl (C=O) groups is 1. The quantitative estimate of drug-likeness (QED) is 0.614. The Hall–Kier alpha value is -3.05. The third kappa shape index (κ3) is 3.43. The zero-order valence-corrected chi connectivity index (χ0v) is 16.5. The lowest BCUT2D eigenvalue weighted by atomic mass is 9.77. The summed E-state index contributed by atoms with van der Waals surface area (Å²) >= 11 is 0. The van der Waals surface area contributed by atoms with Crippen molar-refractivity contribution in [1.82, 2.24) is 19.9 Å². The van der Waals surface area contributed by atoms with Crippen molar-refractivity contribution >= 4 is 11.6 Å². The molecule has 2 atom stereocenters. The highest BCUT2D eigenvalue weighted by molar-refractivity contribution is 6.00. The average Bonchev–Trinajstić information content (AvgIpc) is 3.21. The maximum Gasteiger partial charge on any atom is 0.416 e. The molecule has 1 aliphatic heterocycles. The molecule has 164 valence electrons. The van der Waals surface area contributed by atoms with Crippen molar-refractivity contribution in [1.29, 1.82) is 0 Å². The lowest BCUT2D eigenvalue weighted by Crippen LogP contribution is -2.60. The van der Waals surface area contributed by atoms with Gasteiger partial charge in [0.2, 0.25) is 0 Å². The lowest BCUT2D eigenvalue weighted by Gasteiger charge is -2.39. The topological polar surface area (TPSA) is 88.8 Å². The van der Waals surface area contributed by atoms with Crippen LogP contribution in [0.4, 0.5) is 17.6 Å². The second-order valence-electron chi connectivity index (χ2n) is 7.78. The number of alkyl halides is 3. The lowest BCUT2D eigenvalue weighted by molar-refractivity contribution is -0.137. The van der Waals surface area contributed by atoms with E-state index in [0.29, 0.717) is 12.1 Å². The monoisotopic (exact) mass is 438 g/mol. The highest BCUT2D eigenvalue weighted by atomic mass is 19.4. The average molecular weight is 438 g/mol. The van der Waals surface area contributed by atoms with Gasteiger partial charge in [-0.3, -0.25) is 4.79 Å². The zero-order valence-electron chi connectivity index (χ0n) is 16.5. The number of aromatic nitrogens is 3. The summed E-state index contributed by atoms with van der Waals surface area (Å²) in [6.07, 6.45) is -0.295. The number of benzene rings is 1. The van der Waals surface area contributed by atoms with E-state index in [4.69, 9.17) is 4.74 Å². The number of rotatable bonds is 3. The summed E-state index contributed by atoms with van der Waals surface area (Å²) in [6.45, 7) is 2.50. The fourth-order valence-corrected chi connectivity index (χ4v) is 3.71. The van der Waals surface area contributed by atoms with Gasteiger partial charge in [-0.25, -0.2) is 13.9 Å². The summed E-state index contributed by atoms with van der Waals surface area (Å²) in [6, 6.07) is 1.93. The van der Waals surface area contributed by atoms with Crippen LogP contribution in [0, 0.1) is 12.7 Å². The van der Waals surface area contributed by atoms with Gasteiger partial charge in [0.15, 0.2) is 5.65 Å². The van der Waals surface area contributed by atoms with Crippen LogP contribution in [0.5, 0.6) is 0 Å². The van der Waals surface area contributed by atoms with Crippen LogP contribution in [0.2, 0.25) is 0 Å². The largest absolute Gasteiger partial charge is 0.416 e. The Morgan fingerprint density at radius 1 is 1.29 bits per heavy atom. The minimum atomic E-state index is -4.74. The second kappa shape index (κ2) is 6.99. The van der Waals surface area contributed by atoms with Crippen LogP contribution in [-0.4, -0.2) is 44.4 Å². The van der Waals surface area contributed by atoms with Gasteiger partial charge < -0.3 is 15.2 Å². The molecular weight excluding hydrogens is 420 g/mol. The molecule has 4 rings (SSSR count). The first-order valence-electron chi connectivity index (χ1n) is 9.24. The number of fused-ring (bicyclic) bond motifs is 1. The molecule has 1 fully saturated rings. The molecule has 0 radical (unpaired) electrons. The Balaban J connectivity index is 1.78. The van der Waals surface area contributed by atoms with Crippen molar-refractivity contribution in [3.63, 3.8) is 0 Å². The van der Waals surface area contributed by atoms with Crippen molar-refractivity contribution in [2.75, 3.05) is 13.2 Å². The van der Waals surface area contributed by atoms with E-state index >= 15 is 0 Å². The SMILES string of the molecule is Cc1cnc2c(C(=O)N[C@]3(c4ccc(C(F)(F)F)cc4F)COC[C@@]3(C)O)cnn2c1. The first-order chi connectivity index (χ1) is 14.4. The summed E-state index contributed by atoms with van der Waals surface area (Å²) in [7, 11) is 0. The zero-order chi connectivity index (χ0) is 22.6. The minimum absolute atomic E-state index is 0.0504. The fraction of sp³-hybridized carbons (Fsp3) is 0.350. The van der Waals surface area contributed by atoms with Crippen molar-refractivity contribution in [3.05, 3.63) is 64.9 Å². The van der Waals surface area contributed by atoms with Gasteiger partial charge in [0.05, 0.1) is 25.0 Å². The van der Waals surface area contributed by atoms with Crippen LogP contribution < -0.4 is 5.32 Å². The molecule has 0 bridgehead atoms. The number of carbonyl (C=O) groups excluding carboxylic acids is 1. The van der Waals surface area contributed by atoms with Crippen molar-refractivity contribution in [3.8, 4) is 0 Å². The van der Waals surface area contributed by atoms with Crippen molar-refractivity contribution in [2.45, 2.75) is 31.2 Å². The van der Waals surface area contributed by atoms with Gasteiger partial charge in [-0.2, -0.15) is 18.3 Å². The number of nitrogens with zero attached hydrogens (tertiary/aromatic N) is 3. The van der Waals surface area contributed by atoms with E-state index in [9.17, 15) is 27.5 Å². The van der Waals surface area contributed by atoms with Gasteiger partial charge in [0, 0.05) is 18.0 Å². The normalized spacial score (nSPS) is 24.0. The molecule has 7 nitrogen and oxygen atoms in total. The Bertz CT molecular complexity index is 1170. The van der Waals surface area contributed by atoms with E-state index in [1.54, 1.807) is 13.1 Å². The molecule has 0 saturated carbocycles. The van der Waals surface area contributed by atoms with Gasteiger partial charge in [-0.05, 0) is 31.5 Å². The Morgan fingerprint density at radius 3 is 2.65 bits per heavy atom. The molecule has 0 unspecified atom stereocenters. The predicted octanol–water partition coefficient (Wildman–Crippen LogP) is 2.60. The molecule has 1 amide bonds. The first kappa shape index (κ1) is 21.2. The van der Waals surface area contributed by atoms with Crippen molar-refractivity contribution in [2.24, 2.45) is 0 Å². The van der Waals surface area contributed by atoms with Crippen LogP contribution >= 0.6 is 0 Å². The highest BCUT2D eigenvalue weighted by Crippen LogP contribution is 2.41. The summed E-state index contributed by atoms with van der Waals surface area (Å²) in [5.74, 6) is -1.97. The highest BCUT2D eigenvalue weighted by Gasteiger charge is 2.56. The maximum absolute atomic E-state index is 14.9. The molecule has 2 N–H and O–H groups in total. The molecular formula is C20H18F4N4O3. The fourth-order valence-electron chi connectivity index (χ4n) is 3.71. The van der Waals surface area contributed by atoms with Crippen LogP contribution in [0.3, 0.4) is 0 Å². The number of halogens is 4. The molecule has 0 spiro atoms. The van der Waals surface area contributed by atoms with E-state index in [2.05, 4.69) is 15.4 Å². The summed E-state index contributed by atoms with van der Waals surface area (Å²) in [5, 5.41) is 17.6.